The van der Waals surface area contributed by atoms with E-state index in [0.29, 0.717) is 6.42 Å². The number of methoxy groups -OCH3 is 2. The molecule has 1 aromatic rings. The third kappa shape index (κ3) is 2.38. The zero-order valence-corrected chi connectivity index (χ0v) is 12.1. The van der Waals surface area contributed by atoms with Crippen LogP contribution in [0, 0.1) is 0 Å². The molecule has 0 aromatic heterocycles. The van der Waals surface area contributed by atoms with Crippen LogP contribution in [0.1, 0.15) is 43.8 Å². The molecule has 0 saturated heterocycles. The standard InChI is InChI=1S/C16H22O4/c1-18-11-5-6-13-14(17)10-16(20-15(13)8-11)7-3-4-12(9-16)19-2/h5-6,8,12,14,17H,3-4,7,9-10H2,1-2H3/t12?,14-,16?/m1/s1. The average molecular weight is 278 g/mol. The third-order valence-electron chi connectivity index (χ3n) is 4.56. The molecule has 20 heavy (non-hydrogen) atoms. The minimum absolute atomic E-state index is 0.225. The third-order valence-corrected chi connectivity index (χ3v) is 4.56. The van der Waals surface area contributed by atoms with Crippen LogP contribution in [0.25, 0.3) is 0 Å². The highest BCUT2D eigenvalue weighted by Crippen LogP contribution is 2.47. The number of hydrogen-bond acceptors (Lipinski definition) is 4. The van der Waals surface area contributed by atoms with Crippen molar-refractivity contribution in [2.75, 3.05) is 14.2 Å². The van der Waals surface area contributed by atoms with Gasteiger partial charge in [0.25, 0.3) is 0 Å². The van der Waals surface area contributed by atoms with Crippen molar-refractivity contribution in [2.24, 2.45) is 0 Å². The Morgan fingerprint density at radius 2 is 2.15 bits per heavy atom. The molecule has 1 aliphatic heterocycles. The largest absolute Gasteiger partial charge is 0.497 e. The van der Waals surface area contributed by atoms with Gasteiger partial charge in [0.2, 0.25) is 0 Å². The molecule has 3 atom stereocenters. The molecule has 2 unspecified atom stereocenters. The predicted octanol–water partition coefficient (Wildman–Crippen LogP) is 2.84. The van der Waals surface area contributed by atoms with E-state index in [1.54, 1.807) is 14.2 Å². The quantitative estimate of drug-likeness (QED) is 0.903. The molecule has 0 radical (unpaired) electrons. The van der Waals surface area contributed by atoms with Gasteiger partial charge in [-0.1, -0.05) is 0 Å². The maximum Gasteiger partial charge on any atom is 0.129 e. The predicted molar refractivity (Wildman–Crippen MR) is 75.2 cm³/mol. The van der Waals surface area contributed by atoms with Crippen molar-refractivity contribution in [3.63, 3.8) is 0 Å². The summed E-state index contributed by atoms with van der Waals surface area (Å²) in [5, 5.41) is 10.4. The summed E-state index contributed by atoms with van der Waals surface area (Å²) >= 11 is 0. The summed E-state index contributed by atoms with van der Waals surface area (Å²) in [5.74, 6) is 1.51. The van der Waals surface area contributed by atoms with Crippen molar-refractivity contribution in [1.82, 2.24) is 0 Å². The average Bonchev–Trinajstić information content (AvgIpc) is 2.46. The van der Waals surface area contributed by atoms with Crippen LogP contribution in [0.4, 0.5) is 0 Å². The summed E-state index contributed by atoms with van der Waals surface area (Å²) < 4.78 is 17.0. The van der Waals surface area contributed by atoms with Crippen molar-refractivity contribution in [1.29, 1.82) is 0 Å². The molecule has 1 fully saturated rings. The fraction of sp³-hybridized carbons (Fsp3) is 0.625. The van der Waals surface area contributed by atoms with E-state index in [9.17, 15) is 5.11 Å². The summed E-state index contributed by atoms with van der Waals surface area (Å²) in [6, 6.07) is 5.63. The number of hydrogen-bond donors (Lipinski definition) is 1. The van der Waals surface area contributed by atoms with E-state index in [0.717, 1.165) is 42.7 Å². The Balaban J connectivity index is 1.90. The molecular formula is C16H22O4. The number of aliphatic hydroxyl groups excluding tert-OH is 1. The Bertz CT molecular complexity index is 487. The van der Waals surface area contributed by atoms with Gasteiger partial charge in [-0.25, -0.2) is 0 Å². The molecule has 110 valence electrons. The Hall–Kier alpha value is -1.26. The first-order chi connectivity index (χ1) is 9.65. The van der Waals surface area contributed by atoms with Crippen LogP contribution in [0.3, 0.4) is 0 Å². The van der Waals surface area contributed by atoms with Gasteiger partial charge in [-0.05, 0) is 31.4 Å². The first-order valence-electron chi connectivity index (χ1n) is 7.23. The molecular weight excluding hydrogens is 256 g/mol. The lowest BCUT2D eigenvalue weighted by atomic mass is 9.76. The van der Waals surface area contributed by atoms with Crippen molar-refractivity contribution >= 4 is 0 Å². The van der Waals surface area contributed by atoms with Gasteiger partial charge in [0, 0.05) is 31.6 Å². The van der Waals surface area contributed by atoms with Crippen LogP contribution in [0.15, 0.2) is 18.2 Å². The molecule has 0 bridgehead atoms. The van der Waals surface area contributed by atoms with Gasteiger partial charge in [0.15, 0.2) is 0 Å². The summed E-state index contributed by atoms with van der Waals surface area (Å²) in [5.41, 5.74) is 0.563. The Labute approximate surface area is 119 Å². The van der Waals surface area contributed by atoms with Gasteiger partial charge >= 0.3 is 0 Å². The molecule has 1 aromatic carbocycles. The number of benzene rings is 1. The van der Waals surface area contributed by atoms with E-state index in [4.69, 9.17) is 14.2 Å². The van der Waals surface area contributed by atoms with Gasteiger partial charge in [0.1, 0.15) is 17.1 Å². The molecule has 1 aliphatic carbocycles. The van der Waals surface area contributed by atoms with E-state index < -0.39 is 6.10 Å². The van der Waals surface area contributed by atoms with Crippen LogP contribution in [-0.4, -0.2) is 31.0 Å². The first kappa shape index (κ1) is 13.7. The monoisotopic (exact) mass is 278 g/mol. The zero-order chi connectivity index (χ0) is 14.2. The first-order valence-corrected chi connectivity index (χ1v) is 7.23. The summed E-state index contributed by atoms with van der Waals surface area (Å²) in [4.78, 5) is 0. The molecule has 3 rings (SSSR count). The van der Waals surface area contributed by atoms with Gasteiger partial charge in [-0.3, -0.25) is 0 Å². The van der Waals surface area contributed by atoms with Crippen LogP contribution >= 0.6 is 0 Å². The summed E-state index contributed by atoms with van der Waals surface area (Å²) in [6.07, 6.45) is 4.36. The van der Waals surface area contributed by atoms with E-state index in [1.807, 2.05) is 18.2 Å². The smallest absolute Gasteiger partial charge is 0.129 e. The zero-order valence-electron chi connectivity index (χ0n) is 12.1. The Morgan fingerprint density at radius 1 is 1.30 bits per heavy atom. The van der Waals surface area contributed by atoms with Crippen molar-refractivity contribution in [3.8, 4) is 11.5 Å². The highest BCUT2D eigenvalue weighted by molar-refractivity contribution is 5.44. The second-order valence-electron chi connectivity index (χ2n) is 5.86. The van der Waals surface area contributed by atoms with Gasteiger partial charge < -0.3 is 19.3 Å². The summed E-state index contributed by atoms with van der Waals surface area (Å²) in [6.45, 7) is 0. The van der Waals surface area contributed by atoms with Gasteiger partial charge in [-0.2, -0.15) is 0 Å². The lowest BCUT2D eigenvalue weighted by Gasteiger charge is -2.45. The van der Waals surface area contributed by atoms with Crippen LogP contribution in [0.2, 0.25) is 0 Å². The van der Waals surface area contributed by atoms with Crippen LogP contribution in [-0.2, 0) is 4.74 Å². The lowest BCUT2D eigenvalue weighted by Crippen LogP contribution is -2.46. The summed E-state index contributed by atoms with van der Waals surface area (Å²) in [7, 11) is 3.39. The lowest BCUT2D eigenvalue weighted by molar-refractivity contribution is -0.0797. The second-order valence-corrected chi connectivity index (χ2v) is 5.86. The molecule has 4 nitrogen and oxygen atoms in total. The normalized spacial score (nSPS) is 32.5. The molecule has 1 N–H and O–H groups in total. The molecule has 4 heteroatoms. The Morgan fingerprint density at radius 3 is 2.90 bits per heavy atom. The van der Waals surface area contributed by atoms with Crippen molar-refractivity contribution < 1.29 is 19.3 Å². The second kappa shape index (κ2) is 5.26. The molecule has 0 amide bonds. The van der Waals surface area contributed by atoms with E-state index in [-0.39, 0.29) is 11.7 Å². The topological polar surface area (TPSA) is 47.9 Å². The van der Waals surface area contributed by atoms with Crippen molar-refractivity contribution in [3.05, 3.63) is 23.8 Å². The minimum Gasteiger partial charge on any atom is -0.497 e. The van der Waals surface area contributed by atoms with E-state index >= 15 is 0 Å². The number of aliphatic hydroxyl groups is 1. The fourth-order valence-electron chi connectivity index (χ4n) is 3.49. The number of fused-ring (bicyclic) bond motifs is 1. The van der Waals surface area contributed by atoms with Gasteiger partial charge in [-0.15, -0.1) is 0 Å². The number of ether oxygens (including phenoxy) is 3. The van der Waals surface area contributed by atoms with Gasteiger partial charge in [0.05, 0.1) is 19.3 Å². The van der Waals surface area contributed by atoms with E-state index in [1.165, 1.54) is 0 Å². The molecule has 2 aliphatic rings. The highest BCUT2D eigenvalue weighted by Gasteiger charge is 2.44. The maximum atomic E-state index is 10.4. The highest BCUT2D eigenvalue weighted by atomic mass is 16.5. The fourth-order valence-corrected chi connectivity index (χ4v) is 3.49. The maximum absolute atomic E-state index is 10.4. The van der Waals surface area contributed by atoms with Crippen LogP contribution < -0.4 is 9.47 Å². The minimum atomic E-state index is -0.472. The molecule has 1 spiro atoms. The van der Waals surface area contributed by atoms with Crippen molar-refractivity contribution in [2.45, 2.75) is 49.9 Å². The Kier molecular flexibility index (Phi) is 3.61. The van der Waals surface area contributed by atoms with E-state index in [2.05, 4.69) is 0 Å². The SMILES string of the molecule is COc1ccc2c(c1)OC1(CCCC(OC)C1)C[C@H]2O. The number of rotatable bonds is 2. The molecule has 1 saturated carbocycles. The molecule has 1 heterocycles. The van der Waals surface area contributed by atoms with Crippen LogP contribution in [0.5, 0.6) is 11.5 Å².